The maximum atomic E-state index is 12.2. The van der Waals surface area contributed by atoms with E-state index in [0.29, 0.717) is 0 Å². The van der Waals surface area contributed by atoms with Gasteiger partial charge in [0.15, 0.2) is 0 Å². The average molecular weight is 257 g/mol. The molecule has 0 aliphatic heterocycles. The maximum Gasteiger partial charge on any atom is 0.387 e. The zero-order chi connectivity index (χ0) is 13.7. The van der Waals surface area contributed by atoms with Gasteiger partial charge in [-0.25, -0.2) is 0 Å². The molecule has 0 N–H and O–H groups in total. The molecule has 0 aliphatic rings. The van der Waals surface area contributed by atoms with Crippen molar-refractivity contribution in [1.29, 1.82) is 0 Å². The molecule has 0 fully saturated rings. The Bertz CT molecular complexity index is 458. The fraction of sp³-hybridized carbons (Fsp3) is 0.333. The van der Waals surface area contributed by atoms with Crippen LogP contribution in [0, 0.1) is 16.0 Å². The number of para-hydroxylation sites is 1. The van der Waals surface area contributed by atoms with E-state index in [1.807, 2.05) is 0 Å². The molecule has 0 saturated heterocycles. The molecule has 0 spiro atoms. The highest BCUT2D eigenvalue weighted by Crippen LogP contribution is 2.24. The number of ether oxygens (including phenoxy) is 1. The number of nitrogens with zero attached hydrogens (tertiary/aromatic N) is 1. The molecule has 1 aromatic carbocycles. The lowest BCUT2D eigenvalue weighted by Gasteiger charge is -2.08. The first kappa shape index (κ1) is 14.1. The topological polar surface area (TPSA) is 52.4 Å². The quantitative estimate of drug-likeness (QED) is 0.598. The third-order valence-corrected chi connectivity index (χ3v) is 2.24. The minimum Gasteiger partial charge on any atom is -0.434 e. The first-order chi connectivity index (χ1) is 8.41. The third-order valence-electron chi connectivity index (χ3n) is 2.24. The van der Waals surface area contributed by atoms with Gasteiger partial charge in [-0.2, -0.15) is 8.78 Å². The van der Waals surface area contributed by atoms with Crippen molar-refractivity contribution in [3.63, 3.8) is 0 Å². The van der Waals surface area contributed by atoms with Crippen molar-refractivity contribution >= 4 is 6.08 Å². The number of allylic oxidation sites excluding steroid dienone is 1. The average Bonchev–Trinajstić information content (AvgIpc) is 2.26. The van der Waals surface area contributed by atoms with Gasteiger partial charge >= 0.3 is 6.61 Å². The van der Waals surface area contributed by atoms with Gasteiger partial charge in [0.1, 0.15) is 5.75 Å². The molecule has 1 rings (SSSR count). The monoisotopic (exact) mass is 257 g/mol. The molecule has 0 unspecified atom stereocenters. The zero-order valence-electron chi connectivity index (χ0n) is 9.97. The molecule has 0 bridgehead atoms. The molecular weight excluding hydrogens is 244 g/mol. The second kappa shape index (κ2) is 6.09. The maximum absolute atomic E-state index is 12.2. The van der Waals surface area contributed by atoms with Crippen molar-refractivity contribution in [2.24, 2.45) is 5.92 Å². The zero-order valence-corrected chi connectivity index (χ0v) is 9.97. The Morgan fingerprint density at radius 3 is 2.50 bits per heavy atom. The predicted molar refractivity (Wildman–Crippen MR) is 62.9 cm³/mol. The molecule has 0 saturated carbocycles. The van der Waals surface area contributed by atoms with Crippen LogP contribution in [-0.2, 0) is 0 Å². The van der Waals surface area contributed by atoms with E-state index in [4.69, 9.17) is 0 Å². The highest BCUT2D eigenvalue weighted by Gasteiger charge is 2.17. The van der Waals surface area contributed by atoms with Crippen LogP contribution in [0.2, 0.25) is 0 Å². The SMILES string of the molecule is CC(C)/C(=C/c1ccccc1OC(F)F)[N+](=O)[O-]. The number of rotatable bonds is 5. The summed E-state index contributed by atoms with van der Waals surface area (Å²) in [6, 6.07) is 5.96. The molecule has 0 aliphatic carbocycles. The van der Waals surface area contributed by atoms with E-state index in [0.717, 1.165) is 0 Å². The smallest absolute Gasteiger partial charge is 0.387 e. The lowest BCUT2D eigenvalue weighted by Crippen LogP contribution is -2.07. The van der Waals surface area contributed by atoms with Gasteiger partial charge in [0.25, 0.3) is 0 Å². The Morgan fingerprint density at radius 2 is 2.00 bits per heavy atom. The Labute approximate surface area is 103 Å². The first-order valence-electron chi connectivity index (χ1n) is 5.31. The summed E-state index contributed by atoms with van der Waals surface area (Å²) in [7, 11) is 0. The second-order valence-electron chi connectivity index (χ2n) is 3.90. The van der Waals surface area contributed by atoms with Gasteiger partial charge in [-0.1, -0.05) is 32.0 Å². The van der Waals surface area contributed by atoms with Crippen LogP contribution in [0.5, 0.6) is 5.75 Å². The van der Waals surface area contributed by atoms with Crippen LogP contribution in [0.15, 0.2) is 30.0 Å². The largest absolute Gasteiger partial charge is 0.434 e. The Hall–Kier alpha value is -1.98. The van der Waals surface area contributed by atoms with Crippen LogP contribution in [0.25, 0.3) is 6.08 Å². The normalized spacial score (nSPS) is 12.0. The van der Waals surface area contributed by atoms with E-state index in [-0.39, 0.29) is 22.9 Å². The van der Waals surface area contributed by atoms with E-state index < -0.39 is 11.5 Å². The van der Waals surface area contributed by atoms with Crippen molar-refractivity contribution in [3.05, 3.63) is 45.6 Å². The minimum absolute atomic E-state index is 0.0553. The highest BCUT2D eigenvalue weighted by atomic mass is 19.3. The van der Waals surface area contributed by atoms with Crippen molar-refractivity contribution in [2.75, 3.05) is 0 Å². The predicted octanol–water partition coefficient (Wildman–Crippen LogP) is 3.56. The Morgan fingerprint density at radius 1 is 1.39 bits per heavy atom. The molecule has 4 nitrogen and oxygen atoms in total. The third kappa shape index (κ3) is 3.80. The second-order valence-corrected chi connectivity index (χ2v) is 3.90. The first-order valence-corrected chi connectivity index (χ1v) is 5.31. The van der Waals surface area contributed by atoms with E-state index in [1.54, 1.807) is 19.9 Å². The fourth-order valence-corrected chi connectivity index (χ4v) is 1.39. The number of halogens is 2. The fourth-order valence-electron chi connectivity index (χ4n) is 1.39. The van der Waals surface area contributed by atoms with E-state index in [9.17, 15) is 18.9 Å². The summed E-state index contributed by atoms with van der Waals surface area (Å²) in [5, 5.41) is 10.8. The van der Waals surface area contributed by atoms with Gasteiger partial charge < -0.3 is 4.74 Å². The molecule has 0 atom stereocenters. The van der Waals surface area contributed by atoms with Gasteiger partial charge in [0, 0.05) is 17.6 Å². The summed E-state index contributed by atoms with van der Waals surface area (Å²) in [4.78, 5) is 10.3. The molecule has 0 aromatic heterocycles. The number of hydrogen-bond donors (Lipinski definition) is 0. The summed E-state index contributed by atoms with van der Waals surface area (Å²) < 4.78 is 28.7. The van der Waals surface area contributed by atoms with Gasteiger partial charge in [-0.15, -0.1) is 0 Å². The molecule has 1 aromatic rings. The van der Waals surface area contributed by atoms with Gasteiger partial charge in [0.05, 0.1) is 4.92 Å². The van der Waals surface area contributed by atoms with E-state index >= 15 is 0 Å². The lowest BCUT2D eigenvalue weighted by molar-refractivity contribution is -0.431. The Balaban J connectivity index is 3.16. The van der Waals surface area contributed by atoms with Crippen LogP contribution < -0.4 is 4.74 Å². The van der Waals surface area contributed by atoms with E-state index in [1.165, 1.54) is 24.3 Å². The summed E-state index contributed by atoms with van der Waals surface area (Å²) in [6.07, 6.45) is 1.25. The van der Waals surface area contributed by atoms with Crippen molar-refractivity contribution < 1.29 is 18.4 Å². The van der Waals surface area contributed by atoms with Gasteiger partial charge in [-0.3, -0.25) is 10.1 Å². The van der Waals surface area contributed by atoms with Crippen molar-refractivity contribution in [3.8, 4) is 5.75 Å². The van der Waals surface area contributed by atoms with Crippen LogP contribution in [0.1, 0.15) is 19.4 Å². The Kier molecular flexibility index (Phi) is 4.76. The van der Waals surface area contributed by atoms with Crippen molar-refractivity contribution in [1.82, 2.24) is 0 Å². The number of hydrogen-bond acceptors (Lipinski definition) is 3. The van der Waals surface area contributed by atoms with Crippen molar-refractivity contribution in [2.45, 2.75) is 20.5 Å². The lowest BCUT2D eigenvalue weighted by atomic mass is 10.1. The highest BCUT2D eigenvalue weighted by molar-refractivity contribution is 5.58. The van der Waals surface area contributed by atoms with Gasteiger partial charge in [-0.05, 0) is 6.07 Å². The summed E-state index contributed by atoms with van der Waals surface area (Å²) in [5.74, 6) is -0.396. The summed E-state index contributed by atoms with van der Waals surface area (Å²) in [6.45, 7) is 0.355. The van der Waals surface area contributed by atoms with Crippen LogP contribution in [0.3, 0.4) is 0 Å². The van der Waals surface area contributed by atoms with Gasteiger partial charge in [0.2, 0.25) is 5.70 Å². The standard InChI is InChI=1S/C12H13F2NO3/c1-8(2)10(15(16)17)7-9-5-3-4-6-11(9)18-12(13)14/h3-8,12H,1-2H3/b10-7-. The van der Waals surface area contributed by atoms with Crippen LogP contribution >= 0.6 is 0 Å². The molecule has 0 radical (unpaired) electrons. The molecule has 6 heteroatoms. The molecular formula is C12H13F2NO3. The van der Waals surface area contributed by atoms with E-state index in [2.05, 4.69) is 4.74 Å². The van der Waals surface area contributed by atoms with Crippen LogP contribution in [-0.4, -0.2) is 11.5 Å². The molecule has 98 valence electrons. The van der Waals surface area contributed by atoms with Crippen LogP contribution in [0.4, 0.5) is 8.78 Å². The summed E-state index contributed by atoms with van der Waals surface area (Å²) in [5.41, 5.74) is 0.207. The number of alkyl halides is 2. The summed E-state index contributed by atoms with van der Waals surface area (Å²) >= 11 is 0. The minimum atomic E-state index is -2.96. The molecule has 18 heavy (non-hydrogen) atoms. The molecule has 0 heterocycles. The number of nitro groups is 1. The molecule has 0 amide bonds. The number of benzene rings is 1.